The van der Waals surface area contributed by atoms with Crippen LogP contribution in [0.2, 0.25) is 0 Å². The Balaban J connectivity index is 2.18. The van der Waals surface area contributed by atoms with Crippen molar-refractivity contribution in [2.75, 3.05) is 19.8 Å². The summed E-state index contributed by atoms with van der Waals surface area (Å²) in [6, 6.07) is 3.42. The molecular weight excluding hydrogens is 444 g/mol. The zero-order chi connectivity index (χ0) is 20.3. The van der Waals surface area contributed by atoms with Gasteiger partial charge in [0.05, 0.1) is 41.6 Å². The minimum absolute atomic E-state index is 0.300. The second-order valence-electron chi connectivity index (χ2n) is 6.01. The fourth-order valence-electron chi connectivity index (χ4n) is 3.19. The minimum Gasteiger partial charge on any atom is -0.493 e. The lowest BCUT2D eigenvalue weighted by molar-refractivity contribution is -0.139. The number of hydrogen-bond donors (Lipinski definition) is 0. The van der Waals surface area contributed by atoms with E-state index in [1.807, 2.05) is 49.4 Å². The molecule has 28 heavy (non-hydrogen) atoms. The number of nitrogens with zero attached hydrogens (tertiary/aromatic N) is 2. The summed E-state index contributed by atoms with van der Waals surface area (Å²) >= 11 is 5.11. The zero-order valence-corrected chi connectivity index (χ0v) is 18.7. The third-order valence-electron chi connectivity index (χ3n) is 4.27. The molecule has 0 radical (unpaired) electrons. The van der Waals surface area contributed by atoms with E-state index >= 15 is 0 Å². The van der Waals surface area contributed by atoms with Crippen molar-refractivity contribution in [3.8, 4) is 11.5 Å². The number of fused-ring (bicyclic) bond motifs is 1. The van der Waals surface area contributed by atoms with Gasteiger partial charge in [0, 0.05) is 17.8 Å². The summed E-state index contributed by atoms with van der Waals surface area (Å²) in [5.41, 5.74) is 2.01. The molecule has 0 fully saturated rings. The molecule has 0 unspecified atom stereocenters. The molecule has 0 bridgehead atoms. The van der Waals surface area contributed by atoms with Gasteiger partial charge >= 0.3 is 5.97 Å². The van der Waals surface area contributed by atoms with E-state index in [0.29, 0.717) is 42.6 Å². The van der Waals surface area contributed by atoms with Crippen molar-refractivity contribution in [3.05, 3.63) is 45.0 Å². The molecule has 150 valence electrons. The highest BCUT2D eigenvalue weighted by Crippen LogP contribution is 2.46. The summed E-state index contributed by atoms with van der Waals surface area (Å²) in [5.74, 6) is 0.995. The summed E-state index contributed by atoms with van der Waals surface area (Å²) in [4.78, 5) is 19.4. The van der Waals surface area contributed by atoms with E-state index in [9.17, 15) is 4.79 Å². The molecule has 3 rings (SSSR count). The van der Waals surface area contributed by atoms with Gasteiger partial charge in [-0.25, -0.2) is 9.79 Å². The number of carbonyl (C=O) groups is 1. The van der Waals surface area contributed by atoms with E-state index in [-0.39, 0.29) is 5.97 Å². The van der Waals surface area contributed by atoms with E-state index in [2.05, 4.69) is 20.9 Å². The summed E-state index contributed by atoms with van der Waals surface area (Å²) in [7, 11) is 0. The number of rotatable bonds is 7. The van der Waals surface area contributed by atoms with Crippen LogP contribution in [0.15, 0.2) is 44.5 Å². The summed E-state index contributed by atoms with van der Waals surface area (Å²) in [6.07, 6.45) is 1.93. The van der Waals surface area contributed by atoms with Crippen LogP contribution in [0.4, 0.5) is 0 Å². The van der Waals surface area contributed by atoms with Crippen molar-refractivity contribution in [2.24, 2.45) is 4.99 Å². The molecule has 0 saturated heterocycles. The summed E-state index contributed by atoms with van der Waals surface area (Å²) in [5, 5.41) is 2.78. The molecule has 2 aliphatic heterocycles. The number of amidine groups is 1. The lowest BCUT2D eigenvalue weighted by Crippen LogP contribution is -2.34. The maximum atomic E-state index is 12.8. The Bertz CT molecular complexity index is 866. The van der Waals surface area contributed by atoms with E-state index < -0.39 is 6.04 Å². The highest BCUT2D eigenvalue weighted by molar-refractivity contribution is 9.10. The maximum Gasteiger partial charge on any atom is 0.338 e. The van der Waals surface area contributed by atoms with Crippen LogP contribution in [-0.4, -0.2) is 35.9 Å². The van der Waals surface area contributed by atoms with Crippen molar-refractivity contribution in [1.82, 2.24) is 4.90 Å². The Labute approximate surface area is 177 Å². The van der Waals surface area contributed by atoms with Gasteiger partial charge in [-0.15, -0.1) is 0 Å². The second kappa shape index (κ2) is 9.05. The largest absolute Gasteiger partial charge is 0.493 e. The number of halogens is 1. The first-order valence-corrected chi connectivity index (χ1v) is 10.9. The molecule has 0 aliphatic carbocycles. The molecule has 2 aliphatic rings. The Hall–Kier alpha value is -1.93. The molecule has 0 saturated carbocycles. The highest BCUT2D eigenvalue weighted by Gasteiger charge is 2.39. The third-order valence-corrected chi connectivity index (χ3v) is 5.66. The third kappa shape index (κ3) is 3.93. The molecule has 8 heteroatoms. The van der Waals surface area contributed by atoms with Gasteiger partial charge < -0.3 is 19.1 Å². The average Bonchev–Trinajstić information content (AvgIpc) is 3.11. The molecular formula is C20H23BrN2O4S. The first-order chi connectivity index (χ1) is 13.5. The smallest absolute Gasteiger partial charge is 0.338 e. The maximum absolute atomic E-state index is 12.8. The Morgan fingerprint density at radius 1 is 1.18 bits per heavy atom. The number of aliphatic imine (C=N–C) groups is 1. The predicted molar refractivity (Wildman–Crippen MR) is 115 cm³/mol. The van der Waals surface area contributed by atoms with Gasteiger partial charge in [-0.2, -0.15) is 0 Å². The number of benzene rings is 1. The van der Waals surface area contributed by atoms with Gasteiger partial charge in [0.1, 0.15) is 11.5 Å². The monoisotopic (exact) mass is 466 g/mol. The Morgan fingerprint density at radius 2 is 1.89 bits per heavy atom. The van der Waals surface area contributed by atoms with Gasteiger partial charge in [0.25, 0.3) is 0 Å². The van der Waals surface area contributed by atoms with Gasteiger partial charge in [-0.1, -0.05) is 11.8 Å². The van der Waals surface area contributed by atoms with Crippen LogP contribution < -0.4 is 9.47 Å². The van der Waals surface area contributed by atoms with Gasteiger partial charge in [-0.05, 0) is 55.1 Å². The van der Waals surface area contributed by atoms with Crippen LogP contribution in [0.3, 0.4) is 0 Å². The van der Waals surface area contributed by atoms with Crippen molar-refractivity contribution in [2.45, 2.75) is 33.7 Å². The summed E-state index contributed by atoms with van der Waals surface area (Å²) in [6.45, 7) is 8.84. The quantitative estimate of drug-likeness (QED) is 0.526. The molecule has 0 spiro atoms. The van der Waals surface area contributed by atoms with Gasteiger partial charge in [-0.3, -0.25) is 0 Å². The fraction of sp³-hybridized carbons (Fsp3) is 0.400. The van der Waals surface area contributed by atoms with Crippen LogP contribution in [-0.2, 0) is 9.53 Å². The van der Waals surface area contributed by atoms with Crippen molar-refractivity contribution in [1.29, 1.82) is 0 Å². The van der Waals surface area contributed by atoms with E-state index in [0.717, 1.165) is 15.2 Å². The second-order valence-corrected chi connectivity index (χ2v) is 7.74. The van der Waals surface area contributed by atoms with Crippen LogP contribution in [0, 0.1) is 0 Å². The number of esters is 1. The van der Waals surface area contributed by atoms with Crippen molar-refractivity contribution >= 4 is 38.8 Å². The summed E-state index contributed by atoms with van der Waals surface area (Å²) < 4.78 is 17.8. The molecule has 2 heterocycles. The van der Waals surface area contributed by atoms with Crippen LogP contribution in [0.25, 0.3) is 0 Å². The Morgan fingerprint density at radius 3 is 2.57 bits per heavy atom. The molecule has 1 aromatic rings. The van der Waals surface area contributed by atoms with Gasteiger partial charge in [0.15, 0.2) is 5.17 Å². The SMILES string of the molecule is CCOC(=O)C1=C(C)N=C2SC=CN2[C@@H]1c1cc(Br)c(OCC)cc1OCC. The van der Waals surface area contributed by atoms with E-state index in [4.69, 9.17) is 14.2 Å². The van der Waals surface area contributed by atoms with Gasteiger partial charge in [0.2, 0.25) is 0 Å². The lowest BCUT2D eigenvalue weighted by Gasteiger charge is -2.34. The highest BCUT2D eigenvalue weighted by atomic mass is 79.9. The van der Waals surface area contributed by atoms with Crippen LogP contribution in [0.1, 0.15) is 39.3 Å². The standard InChI is InChI=1S/C20H23BrN2O4S/c1-5-25-15-11-16(26-6-2)14(21)10-13(15)18-17(19(24)27-7-3)12(4)22-20-23(18)8-9-28-20/h8-11,18H,5-7H2,1-4H3/t18-/m1/s1. The predicted octanol–water partition coefficient (Wildman–Crippen LogP) is 5.01. The normalized spacial score (nSPS) is 18.1. The Kier molecular flexibility index (Phi) is 6.72. The number of ether oxygens (including phenoxy) is 3. The lowest BCUT2D eigenvalue weighted by atomic mass is 9.94. The molecule has 1 atom stereocenters. The zero-order valence-electron chi connectivity index (χ0n) is 16.3. The number of allylic oxidation sites excluding steroid dienone is 1. The van der Waals surface area contributed by atoms with Crippen LogP contribution >= 0.6 is 27.7 Å². The number of hydrogen-bond acceptors (Lipinski definition) is 7. The fourth-order valence-corrected chi connectivity index (χ4v) is 4.45. The molecule has 1 aromatic carbocycles. The van der Waals surface area contributed by atoms with E-state index in [1.54, 1.807) is 6.92 Å². The first-order valence-electron chi connectivity index (χ1n) is 9.19. The van der Waals surface area contributed by atoms with E-state index in [1.165, 1.54) is 11.8 Å². The minimum atomic E-state index is -0.397. The number of carbonyl (C=O) groups excluding carboxylic acids is 1. The van der Waals surface area contributed by atoms with Crippen molar-refractivity contribution < 1.29 is 19.0 Å². The topological polar surface area (TPSA) is 60.4 Å². The van der Waals surface area contributed by atoms with Crippen LogP contribution in [0.5, 0.6) is 11.5 Å². The van der Waals surface area contributed by atoms with Crippen molar-refractivity contribution in [3.63, 3.8) is 0 Å². The molecule has 0 N–H and O–H groups in total. The molecule has 0 amide bonds. The number of thioether (sulfide) groups is 1. The average molecular weight is 467 g/mol. The molecule has 6 nitrogen and oxygen atoms in total. The molecule has 0 aromatic heterocycles. The first kappa shape index (κ1) is 20.8.